The lowest BCUT2D eigenvalue weighted by Crippen LogP contribution is -2.27. The highest BCUT2D eigenvalue weighted by molar-refractivity contribution is 8.69. The largest absolute Gasteiger partial charge is 0.111 e. The summed E-state index contributed by atoms with van der Waals surface area (Å²) in [4.78, 5) is 0. The highest BCUT2D eigenvalue weighted by Crippen LogP contribution is 2.43. The molecule has 106 valence electrons. The zero-order chi connectivity index (χ0) is 14.4. The molecular weight excluding hydrogens is 268 g/mol. The van der Waals surface area contributed by atoms with E-state index in [-0.39, 0.29) is 10.2 Å². The van der Waals surface area contributed by atoms with Crippen molar-refractivity contribution in [2.24, 2.45) is 5.41 Å². The van der Waals surface area contributed by atoms with Gasteiger partial charge in [0.2, 0.25) is 0 Å². The summed E-state index contributed by atoms with van der Waals surface area (Å²) >= 11 is 4.46. The molecule has 2 atom stereocenters. The van der Waals surface area contributed by atoms with Crippen LogP contribution in [0.3, 0.4) is 0 Å². The number of allylic oxidation sites excluding steroid dienone is 1. The van der Waals surface area contributed by atoms with Crippen LogP contribution in [-0.4, -0.2) is 4.75 Å². The molecule has 0 N–H and O–H groups in total. The Labute approximate surface area is 127 Å². The Morgan fingerprint density at radius 2 is 1.74 bits per heavy atom. The molecule has 0 aliphatic heterocycles. The van der Waals surface area contributed by atoms with Gasteiger partial charge in [0.05, 0.1) is 0 Å². The average Bonchev–Trinajstić information content (AvgIpc) is 2.46. The van der Waals surface area contributed by atoms with Gasteiger partial charge < -0.3 is 0 Å². The summed E-state index contributed by atoms with van der Waals surface area (Å²) in [5.74, 6) is 0. The van der Waals surface area contributed by atoms with Crippen molar-refractivity contribution in [1.29, 1.82) is 0 Å². The van der Waals surface area contributed by atoms with E-state index in [2.05, 4.69) is 81.8 Å². The molecule has 1 aromatic rings. The summed E-state index contributed by atoms with van der Waals surface area (Å²) in [6, 6.07) is 10.5. The van der Waals surface area contributed by atoms with Gasteiger partial charge in [-0.25, -0.2) is 0 Å². The fourth-order valence-electron chi connectivity index (χ4n) is 2.24. The Hall–Kier alpha value is -0.340. The van der Waals surface area contributed by atoms with Crippen molar-refractivity contribution in [3.8, 4) is 0 Å². The van der Waals surface area contributed by atoms with Crippen LogP contribution in [-0.2, 0) is 0 Å². The van der Waals surface area contributed by atoms with Gasteiger partial charge in [0.15, 0.2) is 0 Å². The minimum atomic E-state index is 0.232. The van der Waals surface area contributed by atoms with E-state index in [1.165, 1.54) is 5.56 Å². The number of rotatable bonds is 7. The van der Waals surface area contributed by atoms with Gasteiger partial charge in [0.25, 0.3) is 0 Å². The van der Waals surface area contributed by atoms with Gasteiger partial charge in [0, 0.05) is 4.75 Å². The Kier molecular flexibility index (Phi) is 6.55. The second-order valence-corrected chi connectivity index (χ2v) is 7.54. The molecule has 0 saturated carbocycles. The van der Waals surface area contributed by atoms with Crippen LogP contribution in [0.25, 0.3) is 6.08 Å². The first kappa shape index (κ1) is 16.7. The summed E-state index contributed by atoms with van der Waals surface area (Å²) < 4.78 is 0.245. The van der Waals surface area contributed by atoms with Crippen molar-refractivity contribution in [3.05, 3.63) is 42.0 Å². The molecule has 1 rings (SSSR count). The molecule has 0 amide bonds. The van der Waals surface area contributed by atoms with E-state index < -0.39 is 0 Å². The van der Waals surface area contributed by atoms with Crippen LogP contribution in [0.15, 0.2) is 36.4 Å². The normalized spacial score (nSPS) is 18.2. The predicted molar refractivity (Wildman–Crippen MR) is 93.8 cm³/mol. The lowest BCUT2D eigenvalue weighted by molar-refractivity contribution is 0.328. The molecule has 0 heterocycles. The molecule has 0 spiro atoms. The van der Waals surface area contributed by atoms with E-state index in [0.29, 0.717) is 0 Å². The number of hydrogen-bond acceptors (Lipinski definition) is 2. The minimum Gasteiger partial charge on any atom is -0.111 e. The maximum Gasteiger partial charge on any atom is 0.0238 e. The molecule has 0 radical (unpaired) electrons. The second kappa shape index (κ2) is 7.44. The number of hydrogen-bond donors (Lipinski definition) is 1. The van der Waals surface area contributed by atoms with Gasteiger partial charge >= 0.3 is 0 Å². The van der Waals surface area contributed by atoms with Crippen molar-refractivity contribution >= 4 is 28.5 Å². The highest BCUT2D eigenvalue weighted by atomic mass is 33.1. The van der Waals surface area contributed by atoms with Gasteiger partial charge in [-0.15, -0.1) is 11.7 Å². The van der Waals surface area contributed by atoms with E-state index in [1.54, 1.807) is 10.8 Å². The van der Waals surface area contributed by atoms with Crippen molar-refractivity contribution < 1.29 is 0 Å². The Balaban J connectivity index is 2.83. The zero-order valence-electron chi connectivity index (χ0n) is 12.5. The molecule has 19 heavy (non-hydrogen) atoms. The molecule has 0 saturated heterocycles. The Bertz CT molecular complexity index is 393. The monoisotopic (exact) mass is 294 g/mol. The van der Waals surface area contributed by atoms with Crippen LogP contribution >= 0.6 is 22.5 Å². The van der Waals surface area contributed by atoms with Gasteiger partial charge in [-0.05, 0) is 37.2 Å². The smallest absolute Gasteiger partial charge is 0.0238 e. The van der Waals surface area contributed by atoms with Crippen LogP contribution in [0.4, 0.5) is 0 Å². The van der Waals surface area contributed by atoms with E-state index >= 15 is 0 Å². The molecule has 2 heteroatoms. The number of benzene rings is 1. The van der Waals surface area contributed by atoms with E-state index in [9.17, 15) is 0 Å². The third kappa shape index (κ3) is 5.27. The third-order valence-electron chi connectivity index (χ3n) is 4.03. The first-order valence-corrected chi connectivity index (χ1v) is 8.91. The molecule has 0 aliphatic rings. The summed E-state index contributed by atoms with van der Waals surface area (Å²) in [6.45, 7) is 9.19. The molecule has 0 aliphatic carbocycles. The highest BCUT2D eigenvalue weighted by Gasteiger charge is 2.31. The van der Waals surface area contributed by atoms with Crippen LogP contribution in [0.2, 0.25) is 0 Å². The van der Waals surface area contributed by atoms with Crippen LogP contribution in [0, 0.1) is 5.41 Å². The summed E-state index contributed by atoms with van der Waals surface area (Å²) in [6.07, 6.45) is 8.09. The van der Waals surface area contributed by atoms with E-state index in [1.807, 2.05) is 0 Å². The molecule has 0 bridgehead atoms. The first-order chi connectivity index (χ1) is 8.97. The molecule has 2 unspecified atom stereocenters. The zero-order valence-corrected chi connectivity index (χ0v) is 14.2. The molecule has 0 nitrogen and oxygen atoms in total. The van der Waals surface area contributed by atoms with E-state index in [4.69, 9.17) is 0 Å². The molecule has 0 aromatic heterocycles. The van der Waals surface area contributed by atoms with Crippen molar-refractivity contribution in [3.63, 3.8) is 0 Å². The summed E-state index contributed by atoms with van der Waals surface area (Å²) in [5, 5.41) is 0. The molecule has 0 fully saturated rings. The first-order valence-electron chi connectivity index (χ1n) is 7.04. The van der Waals surface area contributed by atoms with Gasteiger partial charge in [-0.2, -0.15) is 0 Å². The van der Waals surface area contributed by atoms with Crippen LogP contribution in [0.5, 0.6) is 0 Å². The van der Waals surface area contributed by atoms with Gasteiger partial charge in [-0.1, -0.05) is 74.0 Å². The standard InChI is InChI=1S/C17H26S2/c1-5-16(3,14-17(4,6-2)19-18)13-12-15-10-8-7-9-11-15/h7-13,18H,5-6,14H2,1-4H3. The van der Waals surface area contributed by atoms with E-state index in [0.717, 1.165) is 19.3 Å². The van der Waals surface area contributed by atoms with Crippen LogP contribution in [0.1, 0.15) is 52.5 Å². The predicted octanol–water partition coefficient (Wildman–Crippen LogP) is 6.25. The summed E-state index contributed by atoms with van der Waals surface area (Å²) in [7, 11) is 1.70. The Morgan fingerprint density at radius 3 is 2.21 bits per heavy atom. The fraction of sp³-hybridized carbons (Fsp3) is 0.529. The van der Waals surface area contributed by atoms with Crippen molar-refractivity contribution in [1.82, 2.24) is 0 Å². The lowest BCUT2D eigenvalue weighted by atomic mass is 9.77. The average molecular weight is 295 g/mol. The molecule has 1 aromatic carbocycles. The summed E-state index contributed by atoms with van der Waals surface area (Å²) in [5.41, 5.74) is 1.51. The fourth-order valence-corrected chi connectivity index (χ4v) is 3.34. The topological polar surface area (TPSA) is 0 Å². The van der Waals surface area contributed by atoms with Crippen molar-refractivity contribution in [2.75, 3.05) is 0 Å². The lowest BCUT2D eigenvalue weighted by Gasteiger charge is -2.35. The molecular formula is C17H26S2. The Morgan fingerprint density at radius 1 is 1.11 bits per heavy atom. The van der Waals surface area contributed by atoms with Gasteiger partial charge in [-0.3, -0.25) is 0 Å². The minimum absolute atomic E-state index is 0.232. The van der Waals surface area contributed by atoms with Crippen molar-refractivity contribution in [2.45, 2.75) is 51.7 Å². The van der Waals surface area contributed by atoms with Gasteiger partial charge in [0.1, 0.15) is 0 Å². The SMILES string of the molecule is CCC(C)(C=Cc1ccccc1)CC(C)(CC)SS. The maximum atomic E-state index is 4.46. The maximum absolute atomic E-state index is 4.46. The third-order valence-corrected chi connectivity index (χ3v) is 6.23. The van der Waals surface area contributed by atoms with Crippen LogP contribution < -0.4 is 0 Å². The number of thiol groups is 1. The second-order valence-electron chi connectivity index (χ2n) is 5.82. The quantitative estimate of drug-likeness (QED) is 0.458.